The Balaban J connectivity index is 2.22. The zero-order chi connectivity index (χ0) is 13.3. The fraction of sp³-hybridized carbons (Fsp3) is 0.688. The lowest BCUT2D eigenvalue weighted by molar-refractivity contribution is -0.112. The minimum Gasteiger partial charge on any atom is -0.330 e. The summed E-state index contributed by atoms with van der Waals surface area (Å²) in [7, 11) is 0. The summed E-state index contributed by atoms with van der Waals surface area (Å²) in [4.78, 5) is 12.4. The molecule has 0 aromatic heterocycles. The minimum absolute atomic E-state index is 0.314. The molecule has 0 fully saturated rings. The normalized spacial score (nSPS) is 29.4. The third kappa shape index (κ3) is 2.31. The van der Waals surface area contributed by atoms with Crippen molar-refractivity contribution in [2.24, 2.45) is 17.6 Å². The lowest BCUT2D eigenvalue weighted by Crippen LogP contribution is -2.19. The van der Waals surface area contributed by atoms with Gasteiger partial charge in [-0.25, -0.2) is 0 Å². The van der Waals surface area contributed by atoms with Gasteiger partial charge in [0.2, 0.25) is 0 Å². The van der Waals surface area contributed by atoms with Crippen LogP contribution >= 0.6 is 0 Å². The van der Waals surface area contributed by atoms with E-state index in [9.17, 15) is 4.79 Å². The molecule has 0 heterocycles. The Hall–Kier alpha value is -0.890. The SMILES string of the molecule is CC1=C(C)C(C)C2=C(CCC(CCN)CC2)C1=O. The van der Waals surface area contributed by atoms with Gasteiger partial charge in [0.25, 0.3) is 0 Å². The number of hydrogen-bond donors (Lipinski definition) is 1. The summed E-state index contributed by atoms with van der Waals surface area (Å²) in [6.45, 7) is 7.13. The van der Waals surface area contributed by atoms with Gasteiger partial charge in [0, 0.05) is 0 Å². The third-order valence-electron chi connectivity index (χ3n) is 4.97. The van der Waals surface area contributed by atoms with Crippen molar-refractivity contribution >= 4 is 5.78 Å². The molecule has 18 heavy (non-hydrogen) atoms. The molecular formula is C16H25NO. The number of carbonyl (C=O) groups excluding carboxylic acids is 1. The standard InChI is InChI=1S/C16H25NO/c1-10-11(2)14-6-4-13(8-9-17)5-7-15(14)16(18)12(10)3/h11,13H,4-9,17H2,1-3H3. The van der Waals surface area contributed by atoms with Gasteiger partial charge in [-0.1, -0.05) is 18.1 Å². The monoisotopic (exact) mass is 247 g/mol. The first-order valence-electron chi connectivity index (χ1n) is 7.20. The molecule has 2 unspecified atom stereocenters. The Morgan fingerprint density at radius 1 is 1.22 bits per heavy atom. The Kier molecular flexibility index (Phi) is 4.06. The molecule has 0 saturated heterocycles. The van der Waals surface area contributed by atoms with E-state index in [4.69, 9.17) is 5.73 Å². The molecule has 0 saturated carbocycles. The number of Topliss-reactive ketones (excluding diaryl/α,β-unsaturated/α-hetero) is 1. The van der Waals surface area contributed by atoms with Crippen LogP contribution in [0.15, 0.2) is 22.3 Å². The third-order valence-corrected chi connectivity index (χ3v) is 4.97. The van der Waals surface area contributed by atoms with Crippen LogP contribution in [-0.4, -0.2) is 12.3 Å². The van der Waals surface area contributed by atoms with Crippen molar-refractivity contribution in [3.63, 3.8) is 0 Å². The number of hydrogen-bond acceptors (Lipinski definition) is 2. The summed E-state index contributed by atoms with van der Waals surface area (Å²) in [5, 5.41) is 0. The first-order chi connectivity index (χ1) is 8.56. The van der Waals surface area contributed by atoms with E-state index in [1.807, 2.05) is 6.92 Å². The number of ketones is 1. The second-order valence-electron chi connectivity index (χ2n) is 5.88. The van der Waals surface area contributed by atoms with Crippen LogP contribution in [-0.2, 0) is 4.79 Å². The van der Waals surface area contributed by atoms with E-state index >= 15 is 0 Å². The molecule has 0 radical (unpaired) electrons. The smallest absolute Gasteiger partial charge is 0.184 e. The van der Waals surface area contributed by atoms with Crippen LogP contribution in [0.4, 0.5) is 0 Å². The fourth-order valence-corrected chi connectivity index (χ4v) is 3.42. The molecule has 100 valence electrons. The molecule has 0 aromatic rings. The van der Waals surface area contributed by atoms with Crippen LogP contribution in [0, 0.1) is 11.8 Å². The van der Waals surface area contributed by atoms with E-state index in [1.165, 1.54) is 17.6 Å². The van der Waals surface area contributed by atoms with Crippen LogP contribution in [0.2, 0.25) is 0 Å². The minimum atomic E-state index is 0.314. The summed E-state index contributed by atoms with van der Waals surface area (Å²) in [6, 6.07) is 0. The average molecular weight is 247 g/mol. The average Bonchev–Trinajstić information content (AvgIpc) is 2.57. The predicted octanol–water partition coefficient (Wildman–Crippen LogP) is 3.38. The Labute approximate surface area is 110 Å². The summed E-state index contributed by atoms with van der Waals surface area (Å²) in [6.07, 6.45) is 5.51. The van der Waals surface area contributed by atoms with Crippen molar-refractivity contribution in [2.45, 2.75) is 52.9 Å². The molecular weight excluding hydrogens is 222 g/mol. The lowest BCUT2D eigenvalue weighted by atomic mass is 9.77. The van der Waals surface area contributed by atoms with E-state index in [0.29, 0.717) is 17.6 Å². The summed E-state index contributed by atoms with van der Waals surface area (Å²) < 4.78 is 0. The number of allylic oxidation sites excluding steroid dienone is 4. The first kappa shape index (κ1) is 13.5. The molecule has 2 aliphatic rings. The van der Waals surface area contributed by atoms with Crippen molar-refractivity contribution in [3.05, 3.63) is 22.3 Å². The maximum atomic E-state index is 12.4. The summed E-state index contributed by atoms with van der Waals surface area (Å²) >= 11 is 0. The second kappa shape index (κ2) is 5.40. The maximum Gasteiger partial charge on any atom is 0.184 e. The molecule has 2 N–H and O–H groups in total. The molecule has 2 atom stereocenters. The van der Waals surface area contributed by atoms with Gasteiger partial charge in [0.15, 0.2) is 5.78 Å². The number of nitrogens with two attached hydrogens (primary N) is 1. The Bertz CT molecular complexity index is 417. The molecule has 2 aliphatic carbocycles. The highest BCUT2D eigenvalue weighted by Gasteiger charge is 2.31. The predicted molar refractivity (Wildman–Crippen MR) is 75.2 cm³/mol. The molecule has 0 spiro atoms. The molecule has 2 rings (SSSR count). The quantitative estimate of drug-likeness (QED) is 0.813. The van der Waals surface area contributed by atoms with Gasteiger partial charge in [-0.05, 0) is 75.5 Å². The zero-order valence-electron chi connectivity index (χ0n) is 11.9. The zero-order valence-corrected chi connectivity index (χ0v) is 11.9. The van der Waals surface area contributed by atoms with Gasteiger partial charge in [0.05, 0.1) is 0 Å². The number of rotatable bonds is 2. The first-order valence-corrected chi connectivity index (χ1v) is 7.20. The fourth-order valence-electron chi connectivity index (χ4n) is 3.42. The van der Waals surface area contributed by atoms with Gasteiger partial charge in [-0.2, -0.15) is 0 Å². The van der Waals surface area contributed by atoms with E-state index in [0.717, 1.165) is 43.4 Å². The van der Waals surface area contributed by atoms with Crippen LogP contribution in [0.3, 0.4) is 0 Å². The van der Waals surface area contributed by atoms with Crippen LogP contribution in [0.1, 0.15) is 52.9 Å². The molecule has 0 amide bonds. The van der Waals surface area contributed by atoms with Crippen LogP contribution in [0.5, 0.6) is 0 Å². The van der Waals surface area contributed by atoms with Crippen molar-refractivity contribution in [1.82, 2.24) is 0 Å². The molecule has 2 nitrogen and oxygen atoms in total. The van der Waals surface area contributed by atoms with Gasteiger partial charge in [-0.15, -0.1) is 0 Å². The van der Waals surface area contributed by atoms with E-state index in [1.54, 1.807) is 0 Å². The van der Waals surface area contributed by atoms with Gasteiger partial charge >= 0.3 is 0 Å². The largest absolute Gasteiger partial charge is 0.330 e. The van der Waals surface area contributed by atoms with Crippen molar-refractivity contribution in [2.75, 3.05) is 6.54 Å². The molecule has 0 aromatic carbocycles. The van der Waals surface area contributed by atoms with Gasteiger partial charge in [-0.3, -0.25) is 4.79 Å². The topological polar surface area (TPSA) is 43.1 Å². The maximum absolute atomic E-state index is 12.4. The molecule has 0 bridgehead atoms. The lowest BCUT2D eigenvalue weighted by Gasteiger charge is -2.26. The Morgan fingerprint density at radius 3 is 2.56 bits per heavy atom. The molecule has 0 aliphatic heterocycles. The van der Waals surface area contributed by atoms with Crippen LogP contribution in [0.25, 0.3) is 0 Å². The van der Waals surface area contributed by atoms with Crippen LogP contribution < -0.4 is 5.73 Å². The summed E-state index contributed by atoms with van der Waals surface area (Å²) in [5.74, 6) is 1.49. The molecule has 2 heteroatoms. The van der Waals surface area contributed by atoms with E-state index in [2.05, 4.69) is 13.8 Å². The second-order valence-corrected chi connectivity index (χ2v) is 5.88. The van der Waals surface area contributed by atoms with E-state index in [-0.39, 0.29) is 0 Å². The Morgan fingerprint density at radius 2 is 1.89 bits per heavy atom. The van der Waals surface area contributed by atoms with E-state index < -0.39 is 0 Å². The van der Waals surface area contributed by atoms with Crippen molar-refractivity contribution in [1.29, 1.82) is 0 Å². The van der Waals surface area contributed by atoms with Crippen molar-refractivity contribution < 1.29 is 4.79 Å². The number of carbonyl (C=O) groups is 1. The van der Waals surface area contributed by atoms with Crippen molar-refractivity contribution in [3.8, 4) is 0 Å². The van der Waals surface area contributed by atoms with Gasteiger partial charge < -0.3 is 5.73 Å². The summed E-state index contributed by atoms with van der Waals surface area (Å²) in [5.41, 5.74) is 10.5. The highest BCUT2D eigenvalue weighted by atomic mass is 16.1. The highest BCUT2D eigenvalue weighted by Crippen LogP contribution is 2.40. The van der Waals surface area contributed by atoms with Gasteiger partial charge in [0.1, 0.15) is 0 Å². The highest BCUT2D eigenvalue weighted by molar-refractivity contribution is 6.10.